The average Bonchev–Trinajstić information content (AvgIpc) is 2.92. The molecule has 1 rings (SSSR count). The first kappa shape index (κ1) is 39.1. The molecule has 43 heavy (non-hydrogen) atoms. The quantitative estimate of drug-likeness (QED) is 0.140. The zero-order valence-corrected chi connectivity index (χ0v) is 27.3. The van der Waals surface area contributed by atoms with Crippen molar-refractivity contribution in [2.24, 2.45) is 0 Å². The van der Waals surface area contributed by atoms with Gasteiger partial charge in [0.05, 0.1) is 58.5 Å². The Labute approximate surface area is 256 Å². The van der Waals surface area contributed by atoms with Gasteiger partial charge in [-0.25, -0.2) is 8.42 Å². The Hall–Kier alpha value is -1.92. The number of aliphatic hydroxyl groups is 1. The van der Waals surface area contributed by atoms with Crippen LogP contribution in [0.2, 0.25) is 0 Å². The van der Waals surface area contributed by atoms with Gasteiger partial charge in [-0.2, -0.15) is 4.31 Å². The highest BCUT2D eigenvalue weighted by Crippen LogP contribution is 2.19. The van der Waals surface area contributed by atoms with Crippen molar-refractivity contribution in [2.45, 2.75) is 45.8 Å². The van der Waals surface area contributed by atoms with E-state index in [0.29, 0.717) is 39.0 Å². The van der Waals surface area contributed by atoms with E-state index in [4.69, 9.17) is 18.9 Å². The van der Waals surface area contributed by atoms with Crippen LogP contribution >= 0.6 is 0 Å². The van der Waals surface area contributed by atoms with Gasteiger partial charge < -0.3 is 29.4 Å². The number of hydrogen-bond donors (Lipinski definition) is 2. The molecular weight excluding hydrogens is 586 g/mol. The molecule has 0 aromatic heterocycles. The molecule has 0 radical (unpaired) electrons. The van der Waals surface area contributed by atoms with Crippen LogP contribution in [0.25, 0.3) is 0 Å². The van der Waals surface area contributed by atoms with E-state index in [9.17, 15) is 27.9 Å². The highest BCUT2D eigenvalue weighted by Gasteiger charge is 2.38. The van der Waals surface area contributed by atoms with Crippen LogP contribution in [0.15, 0.2) is 0 Å². The van der Waals surface area contributed by atoms with Crippen molar-refractivity contribution in [2.75, 3.05) is 112 Å². The number of nitrogens with zero attached hydrogens (tertiary/aromatic N) is 4. The topological polar surface area (TPSA) is 167 Å². The SMILES string of the molecule is CCOC(=O)CN1CCNC(CCCO)C(N(CCOC)S(C)(=O)=O)N(CC(=O)OCC)CCN(CC(=O)OCC)CC1. The third-order valence-corrected chi connectivity index (χ3v) is 8.12. The molecule has 15 nitrogen and oxygen atoms in total. The molecule has 0 spiro atoms. The lowest BCUT2D eigenvalue weighted by molar-refractivity contribution is -0.147. The predicted octanol–water partition coefficient (Wildman–Crippen LogP) is -1.44. The third-order valence-electron chi connectivity index (χ3n) is 6.87. The fourth-order valence-corrected chi connectivity index (χ4v) is 6.02. The Morgan fingerprint density at radius 3 is 1.86 bits per heavy atom. The molecule has 0 bridgehead atoms. The summed E-state index contributed by atoms with van der Waals surface area (Å²) in [5.74, 6) is -1.30. The van der Waals surface area contributed by atoms with Crippen LogP contribution in [0.5, 0.6) is 0 Å². The highest BCUT2D eigenvalue weighted by atomic mass is 32.2. The maximum absolute atomic E-state index is 13.2. The van der Waals surface area contributed by atoms with E-state index in [2.05, 4.69) is 5.32 Å². The molecule has 0 saturated carbocycles. The lowest BCUT2D eigenvalue weighted by atomic mass is 10.1. The van der Waals surface area contributed by atoms with Crippen LogP contribution in [0.1, 0.15) is 33.6 Å². The van der Waals surface area contributed by atoms with Gasteiger partial charge in [0.2, 0.25) is 10.0 Å². The smallest absolute Gasteiger partial charge is 0.320 e. The van der Waals surface area contributed by atoms with Crippen LogP contribution < -0.4 is 5.32 Å². The second-order valence-corrected chi connectivity index (χ2v) is 12.1. The van der Waals surface area contributed by atoms with E-state index in [-0.39, 0.29) is 78.3 Å². The van der Waals surface area contributed by atoms with E-state index < -0.39 is 34.2 Å². The summed E-state index contributed by atoms with van der Waals surface area (Å²) >= 11 is 0. The molecule has 2 N–H and O–H groups in total. The van der Waals surface area contributed by atoms with Gasteiger partial charge in [0.15, 0.2) is 0 Å². The van der Waals surface area contributed by atoms with E-state index in [1.807, 2.05) is 9.80 Å². The molecule has 2 unspecified atom stereocenters. The summed E-state index contributed by atoms with van der Waals surface area (Å²) in [6.07, 6.45) is 1.02. The summed E-state index contributed by atoms with van der Waals surface area (Å²) in [7, 11) is -2.34. The molecule has 1 aliphatic rings. The summed E-state index contributed by atoms with van der Waals surface area (Å²) in [6.45, 7) is 7.80. The van der Waals surface area contributed by atoms with Gasteiger partial charge in [0, 0.05) is 65.6 Å². The Morgan fingerprint density at radius 2 is 1.37 bits per heavy atom. The standard InChI is InChI=1S/C27H53N5O10S/c1-6-40-24(34)20-29-12-11-28-23(10-9-18-33)27(32(17-19-39-4)43(5,37)38)31(22-26(36)42-8-3)16-15-30(14-13-29)21-25(35)41-7-2/h23,27-28,33H,6-22H2,1-5H3. The van der Waals surface area contributed by atoms with Crippen molar-refractivity contribution in [3.8, 4) is 0 Å². The van der Waals surface area contributed by atoms with Gasteiger partial charge in [-0.1, -0.05) is 0 Å². The molecule has 0 aromatic carbocycles. The monoisotopic (exact) mass is 639 g/mol. The van der Waals surface area contributed by atoms with E-state index in [1.54, 1.807) is 25.7 Å². The van der Waals surface area contributed by atoms with Gasteiger partial charge in [-0.3, -0.25) is 29.1 Å². The average molecular weight is 640 g/mol. The Kier molecular flexibility index (Phi) is 19.8. The number of esters is 3. The van der Waals surface area contributed by atoms with Gasteiger partial charge in [-0.05, 0) is 33.6 Å². The minimum absolute atomic E-state index is 0.0232. The molecule has 252 valence electrons. The summed E-state index contributed by atoms with van der Waals surface area (Å²) in [6, 6.07) is -0.518. The molecule has 0 aliphatic carbocycles. The number of methoxy groups -OCH3 is 1. The van der Waals surface area contributed by atoms with Crippen molar-refractivity contribution >= 4 is 27.9 Å². The number of sulfonamides is 1. The summed E-state index contributed by atoms with van der Waals surface area (Å²) in [5.41, 5.74) is 0. The molecule has 1 fully saturated rings. The zero-order chi connectivity index (χ0) is 32.3. The first-order valence-corrected chi connectivity index (χ1v) is 16.8. The fourth-order valence-electron chi connectivity index (χ4n) is 4.94. The molecule has 0 amide bonds. The molecule has 0 aromatic rings. The normalized spacial score (nSPS) is 20.3. The number of nitrogens with one attached hydrogen (secondary N) is 1. The van der Waals surface area contributed by atoms with Crippen LogP contribution in [-0.4, -0.2) is 174 Å². The maximum Gasteiger partial charge on any atom is 0.320 e. The van der Waals surface area contributed by atoms with Crippen molar-refractivity contribution in [3.63, 3.8) is 0 Å². The number of aliphatic hydroxyl groups excluding tert-OH is 1. The van der Waals surface area contributed by atoms with Gasteiger partial charge in [-0.15, -0.1) is 0 Å². The highest BCUT2D eigenvalue weighted by molar-refractivity contribution is 7.88. The van der Waals surface area contributed by atoms with Crippen molar-refractivity contribution < 1.29 is 46.9 Å². The van der Waals surface area contributed by atoms with Crippen molar-refractivity contribution in [1.82, 2.24) is 24.3 Å². The molecule has 1 heterocycles. The number of carbonyl (C=O) groups excluding carboxylic acids is 3. The third kappa shape index (κ3) is 15.6. The Balaban J connectivity index is 3.61. The van der Waals surface area contributed by atoms with Gasteiger partial charge >= 0.3 is 17.9 Å². The molecule has 1 saturated heterocycles. The minimum Gasteiger partial charge on any atom is -0.465 e. The number of carbonyl (C=O) groups is 3. The molecule has 16 heteroatoms. The van der Waals surface area contributed by atoms with Crippen molar-refractivity contribution in [3.05, 3.63) is 0 Å². The summed E-state index contributed by atoms with van der Waals surface area (Å²) < 4.78 is 48.6. The summed E-state index contributed by atoms with van der Waals surface area (Å²) in [5, 5.41) is 13.1. The Morgan fingerprint density at radius 1 is 0.860 bits per heavy atom. The van der Waals surface area contributed by atoms with Crippen LogP contribution in [-0.2, 0) is 43.4 Å². The lowest BCUT2D eigenvalue weighted by Gasteiger charge is -2.44. The maximum atomic E-state index is 13.2. The predicted molar refractivity (Wildman–Crippen MR) is 160 cm³/mol. The molecule has 1 aliphatic heterocycles. The second kappa shape index (κ2) is 21.7. The fraction of sp³-hybridized carbons (Fsp3) is 0.889. The van der Waals surface area contributed by atoms with Crippen LogP contribution in [0, 0.1) is 0 Å². The molecular formula is C27H53N5O10S. The summed E-state index contributed by atoms with van der Waals surface area (Å²) in [4.78, 5) is 43.2. The number of rotatable bonds is 17. The van der Waals surface area contributed by atoms with E-state index in [0.717, 1.165) is 6.26 Å². The van der Waals surface area contributed by atoms with E-state index in [1.165, 1.54) is 11.4 Å². The minimum atomic E-state index is -3.82. The number of hydrogen-bond acceptors (Lipinski definition) is 14. The first-order chi connectivity index (χ1) is 20.5. The van der Waals surface area contributed by atoms with Crippen LogP contribution in [0.4, 0.5) is 0 Å². The largest absolute Gasteiger partial charge is 0.465 e. The van der Waals surface area contributed by atoms with Gasteiger partial charge in [0.1, 0.15) is 0 Å². The van der Waals surface area contributed by atoms with Gasteiger partial charge in [0.25, 0.3) is 0 Å². The second-order valence-electron chi connectivity index (χ2n) is 10.1. The zero-order valence-electron chi connectivity index (χ0n) is 26.5. The number of ether oxygens (including phenoxy) is 4. The Bertz CT molecular complexity index is 926. The molecule has 2 atom stereocenters. The van der Waals surface area contributed by atoms with Crippen molar-refractivity contribution in [1.29, 1.82) is 0 Å². The van der Waals surface area contributed by atoms with Crippen LogP contribution in [0.3, 0.4) is 0 Å². The first-order valence-electron chi connectivity index (χ1n) is 15.0. The van der Waals surface area contributed by atoms with E-state index >= 15 is 0 Å². The lowest BCUT2D eigenvalue weighted by Crippen LogP contribution is -2.63.